The second-order valence-corrected chi connectivity index (χ2v) is 7.88. The number of aromatic hydroxyl groups is 1. The summed E-state index contributed by atoms with van der Waals surface area (Å²) in [5, 5.41) is 10.9. The van der Waals surface area contributed by atoms with Crippen LogP contribution in [0.1, 0.15) is 5.56 Å². The average Bonchev–Trinajstić information content (AvgIpc) is 2.70. The smallest absolute Gasteiger partial charge is 0.416 e. The molecule has 152 valence electrons. The van der Waals surface area contributed by atoms with Gasteiger partial charge in [0.1, 0.15) is 5.75 Å². The number of H-pyrrole nitrogens is 1. The van der Waals surface area contributed by atoms with Gasteiger partial charge in [0.2, 0.25) is 0 Å². The van der Waals surface area contributed by atoms with E-state index >= 15 is 0 Å². The molecule has 0 bridgehead atoms. The van der Waals surface area contributed by atoms with Gasteiger partial charge in [-0.15, -0.1) is 0 Å². The third kappa shape index (κ3) is 3.88. The van der Waals surface area contributed by atoms with Crippen LogP contribution in [0.5, 0.6) is 5.75 Å². The van der Waals surface area contributed by atoms with Gasteiger partial charge >= 0.3 is 6.18 Å². The summed E-state index contributed by atoms with van der Waals surface area (Å²) >= 11 is 7.14. The van der Waals surface area contributed by atoms with Gasteiger partial charge in [0.05, 0.1) is 10.5 Å². The van der Waals surface area contributed by atoms with Crippen molar-refractivity contribution in [1.29, 1.82) is 0 Å². The third-order valence-electron chi connectivity index (χ3n) is 4.40. The summed E-state index contributed by atoms with van der Waals surface area (Å²) in [4.78, 5) is 20.2. The predicted molar refractivity (Wildman–Crippen MR) is 110 cm³/mol. The van der Waals surface area contributed by atoms with Gasteiger partial charge in [-0.1, -0.05) is 23.4 Å². The molecule has 4 aromatic rings. The number of benzene rings is 2. The lowest BCUT2D eigenvalue weighted by atomic mass is 9.98. The maximum absolute atomic E-state index is 13.4. The number of alkyl halides is 3. The number of hydrogen-bond donors (Lipinski definition) is 2. The zero-order valence-corrected chi connectivity index (χ0v) is 16.6. The normalized spacial score (nSPS) is 11.7. The van der Waals surface area contributed by atoms with Crippen LogP contribution in [-0.2, 0) is 6.18 Å². The van der Waals surface area contributed by atoms with E-state index in [0.717, 1.165) is 23.9 Å². The lowest BCUT2D eigenvalue weighted by Crippen LogP contribution is -2.12. The van der Waals surface area contributed by atoms with Crippen molar-refractivity contribution in [3.8, 4) is 16.9 Å². The van der Waals surface area contributed by atoms with Crippen molar-refractivity contribution in [2.45, 2.75) is 16.0 Å². The lowest BCUT2D eigenvalue weighted by Gasteiger charge is -2.16. The van der Waals surface area contributed by atoms with Crippen LogP contribution in [0.2, 0.25) is 5.02 Å². The Morgan fingerprint density at radius 3 is 2.47 bits per heavy atom. The highest BCUT2D eigenvalue weighted by Gasteiger charge is 2.31. The van der Waals surface area contributed by atoms with E-state index in [0.29, 0.717) is 4.90 Å². The van der Waals surface area contributed by atoms with Crippen LogP contribution in [0.15, 0.2) is 75.5 Å². The van der Waals surface area contributed by atoms with E-state index in [-0.39, 0.29) is 37.7 Å². The predicted octanol–water partition coefficient (Wildman–Crippen LogP) is 6.12. The molecule has 4 rings (SSSR count). The van der Waals surface area contributed by atoms with Gasteiger partial charge in [0.15, 0.2) is 0 Å². The van der Waals surface area contributed by atoms with Crippen molar-refractivity contribution in [3.05, 3.63) is 81.9 Å². The Labute approximate surface area is 177 Å². The summed E-state index contributed by atoms with van der Waals surface area (Å²) in [5.74, 6) is -0.208. The minimum absolute atomic E-state index is 0.130. The molecule has 0 aliphatic heterocycles. The van der Waals surface area contributed by atoms with Gasteiger partial charge < -0.3 is 10.1 Å². The number of halogens is 4. The van der Waals surface area contributed by atoms with Crippen LogP contribution in [-0.4, -0.2) is 15.1 Å². The number of hydrogen-bond acceptors (Lipinski definition) is 4. The average molecular weight is 449 g/mol. The molecule has 0 atom stereocenters. The van der Waals surface area contributed by atoms with Crippen molar-refractivity contribution in [3.63, 3.8) is 0 Å². The molecule has 0 aliphatic rings. The van der Waals surface area contributed by atoms with Crippen LogP contribution in [0, 0.1) is 0 Å². The molecule has 0 spiro atoms. The summed E-state index contributed by atoms with van der Waals surface area (Å²) in [6, 6.07) is 10.6. The first-order chi connectivity index (χ1) is 14.2. The number of aromatic amines is 1. The molecule has 30 heavy (non-hydrogen) atoms. The second-order valence-electron chi connectivity index (χ2n) is 6.36. The van der Waals surface area contributed by atoms with E-state index in [1.807, 2.05) is 0 Å². The Bertz CT molecular complexity index is 1310. The van der Waals surface area contributed by atoms with E-state index in [4.69, 9.17) is 11.6 Å². The number of aromatic nitrogens is 2. The summed E-state index contributed by atoms with van der Waals surface area (Å²) in [5.41, 5.74) is -0.833. The molecule has 2 aromatic carbocycles. The number of pyridine rings is 2. The van der Waals surface area contributed by atoms with Crippen LogP contribution in [0.3, 0.4) is 0 Å². The van der Waals surface area contributed by atoms with E-state index < -0.39 is 17.3 Å². The van der Waals surface area contributed by atoms with Crippen LogP contribution in [0.4, 0.5) is 13.2 Å². The van der Waals surface area contributed by atoms with Gasteiger partial charge in [-0.25, -0.2) is 0 Å². The minimum Gasteiger partial charge on any atom is -0.507 e. The van der Waals surface area contributed by atoms with Gasteiger partial charge in [0, 0.05) is 44.3 Å². The topological polar surface area (TPSA) is 66.0 Å². The fourth-order valence-electron chi connectivity index (χ4n) is 3.05. The summed E-state index contributed by atoms with van der Waals surface area (Å²) in [7, 11) is 0. The van der Waals surface area contributed by atoms with Crippen LogP contribution >= 0.6 is 23.4 Å². The fraction of sp³-hybridized carbons (Fsp3) is 0.0476. The highest BCUT2D eigenvalue weighted by Crippen LogP contribution is 2.43. The first kappa shape index (κ1) is 20.3. The second kappa shape index (κ2) is 7.70. The van der Waals surface area contributed by atoms with Gasteiger partial charge in [0.25, 0.3) is 5.56 Å². The van der Waals surface area contributed by atoms with Crippen LogP contribution in [0.25, 0.3) is 22.0 Å². The van der Waals surface area contributed by atoms with E-state index in [1.165, 1.54) is 36.7 Å². The quantitative estimate of drug-likeness (QED) is 0.396. The van der Waals surface area contributed by atoms with Crippen molar-refractivity contribution < 1.29 is 18.3 Å². The fourth-order valence-corrected chi connectivity index (χ4v) is 4.18. The number of phenolic OH excluding ortho intramolecular Hbond substituents is 1. The Balaban J connectivity index is 2.10. The Kier molecular flexibility index (Phi) is 5.21. The number of nitrogens with zero attached hydrogens (tertiary/aromatic N) is 1. The lowest BCUT2D eigenvalue weighted by molar-refractivity contribution is -0.137. The first-order valence-electron chi connectivity index (χ1n) is 8.58. The minimum atomic E-state index is -4.57. The zero-order valence-electron chi connectivity index (χ0n) is 15.0. The van der Waals surface area contributed by atoms with Crippen molar-refractivity contribution in [2.24, 2.45) is 0 Å². The van der Waals surface area contributed by atoms with E-state index in [9.17, 15) is 23.1 Å². The summed E-state index contributed by atoms with van der Waals surface area (Å²) in [6.07, 6.45) is -1.50. The van der Waals surface area contributed by atoms with Gasteiger partial charge in [-0.05, 0) is 48.5 Å². The zero-order chi connectivity index (χ0) is 21.5. The molecule has 2 heterocycles. The number of rotatable bonds is 3. The largest absolute Gasteiger partial charge is 0.507 e. The molecule has 2 aromatic heterocycles. The SMILES string of the molecule is O=c1[nH]c2ccc(C(F)(F)F)cc2c(-c2cc(Cl)ccc2O)c1Sc1ccncc1. The monoisotopic (exact) mass is 448 g/mol. The van der Waals surface area contributed by atoms with Crippen molar-refractivity contribution in [2.75, 3.05) is 0 Å². The molecular formula is C21H12ClF3N2O2S. The molecular weight excluding hydrogens is 437 g/mol. The molecule has 9 heteroatoms. The molecule has 0 unspecified atom stereocenters. The standard InChI is InChI=1S/C21H12ClF3N2O2S/c22-12-2-4-17(28)15(10-12)18-14-9-11(21(23,24)25)1-3-16(14)27-20(29)19(18)30-13-5-7-26-8-6-13/h1-10,28H,(H,27,29). The maximum Gasteiger partial charge on any atom is 0.416 e. The van der Waals surface area contributed by atoms with Crippen molar-refractivity contribution >= 4 is 34.3 Å². The highest BCUT2D eigenvalue weighted by atomic mass is 35.5. The molecule has 0 saturated heterocycles. The molecule has 4 nitrogen and oxygen atoms in total. The molecule has 0 radical (unpaired) electrons. The summed E-state index contributed by atoms with van der Waals surface area (Å²) < 4.78 is 40.1. The number of fused-ring (bicyclic) bond motifs is 1. The maximum atomic E-state index is 13.4. The van der Waals surface area contributed by atoms with Gasteiger partial charge in [-0.3, -0.25) is 9.78 Å². The Morgan fingerprint density at radius 1 is 1.03 bits per heavy atom. The molecule has 0 fully saturated rings. The van der Waals surface area contributed by atoms with Crippen LogP contribution < -0.4 is 5.56 Å². The first-order valence-corrected chi connectivity index (χ1v) is 9.77. The third-order valence-corrected chi connectivity index (χ3v) is 5.73. The highest BCUT2D eigenvalue weighted by molar-refractivity contribution is 7.99. The Morgan fingerprint density at radius 2 is 1.77 bits per heavy atom. The molecule has 0 saturated carbocycles. The summed E-state index contributed by atoms with van der Waals surface area (Å²) in [6.45, 7) is 0. The van der Waals surface area contributed by atoms with Gasteiger partial charge in [-0.2, -0.15) is 13.2 Å². The Hall–Kier alpha value is -2.97. The van der Waals surface area contributed by atoms with E-state index in [1.54, 1.807) is 12.1 Å². The number of phenols is 1. The van der Waals surface area contributed by atoms with Crippen molar-refractivity contribution in [1.82, 2.24) is 9.97 Å². The van der Waals surface area contributed by atoms with E-state index in [2.05, 4.69) is 9.97 Å². The molecule has 0 aliphatic carbocycles. The molecule has 2 N–H and O–H groups in total. The molecule has 0 amide bonds. The number of nitrogens with one attached hydrogen (secondary N) is 1.